The molecule has 4 nitrogen and oxygen atoms in total. The van der Waals surface area contributed by atoms with Gasteiger partial charge in [0.2, 0.25) is 5.91 Å². The molecule has 0 bridgehead atoms. The molecule has 1 atom stereocenters. The van der Waals surface area contributed by atoms with Crippen LogP contribution in [0.3, 0.4) is 0 Å². The molecular weight excluding hydrogens is 345 g/mol. The minimum absolute atomic E-state index is 0.128. The van der Waals surface area contributed by atoms with E-state index >= 15 is 0 Å². The van der Waals surface area contributed by atoms with Gasteiger partial charge in [-0.3, -0.25) is 9.20 Å². The van der Waals surface area contributed by atoms with E-state index in [1.165, 1.54) is 6.08 Å². The lowest BCUT2D eigenvalue weighted by atomic mass is 10.1. The van der Waals surface area contributed by atoms with Gasteiger partial charge in [0.15, 0.2) is 5.15 Å². The molecule has 0 aliphatic heterocycles. The van der Waals surface area contributed by atoms with Gasteiger partial charge in [0.1, 0.15) is 5.65 Å². The van der Waals surface area contributed by atoms with Gasteiger partial charge < -0.3 is 5.32 Å². The maximum Gasteiger partial charge on any atom is 0.244 e. The summed E-state index contributed by atoms with van der Waals surface area (Å²) in [6.45, 7) is 1.91. The van der Waals surface area contributed by atoms with Crippen molar-refractivity contribution in [2.24, 2.45) is 0 Å². The molecule has 6 heteroatoms. The van der Waals surface area contributed by atoms with Crippen LogP contribution in [-0.4, -0.2) is 15.3 Å². The summed E-state index contributed by atoms with van der Waals surface area (Å²) in [4.78, 5) is 16.4. The number of imidazole rings is 1. The smallest absolute Gasteiger partial charge is 0.244 e. The summed E-state index contributed by atoms with van der Waals surface area (Å²) in [6.07, 6.45) is 4.96. The summed E-state index contributed by atoms with van der Waals surface area (Å²) in [6, 6.07) is 12.9. The number of pyridine rings is 1. The Morgan fingerprint density at radius 2 is 1.96 bits per heavy atom. The standard InChI is InChI=1S/C18H15Cl2N3O/c1-12(13-5-7-14(19)8-6-13)21-17(24)10-9-15-18(20)22-16-4-2-3-11-23(15)16/h2-12H,1H3,(H,21,24)/b10-9+/t12-/m0/s1. The van der Waals surface area contributed by atoms with Crippen LogP contribution in [0, 0.1) is 0 Å². The Morgan fingerprint density at radius 3 is 2.71 bits per heavy atom. The number of nitrogens with zero attached hydrogens (tertiary/aromatic N) is 2. The lowest BCUT2D eigenvalue weighted by Crippen LogP contribution is -2.24. The Labute approximate surface area is 149 Å². The highest BCUT2D eigenvalue weighted by atomic mass is 35.5. The van der Waals surface area contributed by atoms with Crippen molar-refractivity contribution in [1.29, 1.82) is 0 Å². The summed E-state index contributed by atoms with van der Waals surface area (Å²) in [5, 5.41) is 3.93. The van der Waals surface area contributed by atoms with Crippen LogP contribution in [0.4, 0.5) is 0 Å². The molecule has 0 aliphatic carbocycles. The van der Waals surface area contributed by atoms with Crippen molar-refractivity contribution in [2.45, 2.75) is 13.0 Å². The number of nitrogens with one attached hydrogen (secondary N) is 1. The zero-order valence-electron chi connectivity index (χ0n) is 12.9. The maximum absolute atomic E-state index is 12.1. The number of halogens is 2. The van der Waals surface area contributed by atoms with Crippen molar-refractivity contribution in [1.82, 2.24) is 14.7 Å². The molecule has 3 rings (SSSR count). The largest absolute Gasteiger partial charge is 0.346 e. The van der Waals surface area contributed by atoms with E-state index < -0.39 is 0 Å². The molecule has 1 aromatic carbocycles. The number of amides is 1. The number of carbonyl (C=O) groups excluding carboxylic acids is 1. The van der Waals surface area contributed by atoms with Gasteiger partial charge in [-0.1, -0.05) is 41.4 Å². The molecule has 2 aromatic heterocycles. The average Bonchev–Trinajstić information content (AvgIpc) is 2.88. The number of fused-ring (bicyclic) bond motifs is 1. The van der Waals surface area contributed by atoms with E-state index in [0.29, 0.717) is 15.9 Å². The molecule has 0 aliphatic rings. The molecule has 0 radical (unpaired) electrons. The molecule has 0 fully saturated rings. The summed E-state index contributed by atoms with van der Waals surface area (Å²) in [5.74, 6) is -0.209. The Bertz CT molecular complexity index is 900. The predicted octanol–water partition coefficient (Wildman–Crippen LogP) is 4.53. The number of aromatic nitrogens is 2. The Kier molecular flexibility index (Phi) is 4.88. The van der Waals surface area contributed by atoms with Crippen molar-refractivity contribution >= 4 is 40.8 Å². The fourth-order valence-electron chi connectivity index (χ4n) is 2.39. The zero-order chi connectivity index (χ0) is 17.1. The summed E-state index contributed by atoms with van der Waals surface area (Å²) < 4.78 is 1.83. The van der Waals surface area contributed by atoms with Gasteiger partial charge in [-0.25, -0.2) is 4.98 Å². The van der Waals surface area contributed by atoms with Gasteiger partial charge in [0.25, 0.3) is 0 Å². The first-order chi connectivity index (χ1) is 11.5. The molecule has 0 saturated heterocycles. The normalized spacial score (nSPS) is 12.6. The molecule has 0 saturated carbocycles. The monoisotopic (exact) mass is 359 g/mol. The lowest BCUT2D eigenvalue weighted by molar-refractivity contribution is -0.117. The van der Waals surface area contributed by atoms with Crippen molar-refractivity contribution in [3.05, 3.63) is 76.2 Å². The van der Waals surface area contributed by atoms with E-state index in [4.69, 9.17) is 23.2 Å². The number of carbonyl (C=O) groups is 1. The van der Waals surface area contributed by atoms with Crippen LogP contribution in [0.5, 0.6) is 0 Å². The molecular formula is C18H15Cl2N3O. The van der Waals surface area contributed by atoms with E-state index in [2.05, 4.69) is 10.3 Å². The Morgan fingerprint density at radius 1 is 1.21 bits per heavy atom. The Balaban J connectivity index is 1.73. The minimum Gasteiger partial charge on any atom is -0.346 e. The van der Waals surface area contributed by atoms with Crippen LogP contribution in [0.15, 0.2) is 54.7 Å². The lowest BCUT2D eigenvalue weighted by Gasteiger charge is -2.12. The molecule has 2 heterocycles. The van der Waals surface area contributed by atoms with Crippen molar-refractivity contribution < 1.29 is 4.79 Å². The predicted molar refractivity (Wildman–Crippen MR) is 97.2 cm³/mol. The number of rotatable bonds is 4. The van der Waals surface area contributed by atoms with Crippen molar-refractivity contribution in [2.75, 3.05) is 0 Å². The molecule has 3 aromatic rings. The fourth-order valence-corrected chi connectivity index (χ4v) is 2.75. The SMILES string of the molecule is C[C@H](NC(=O)/C=C/c1c(Cl)nc2ccccn12)c1ccc(Cl)cc1. The van der Waals surface area contributed by atoms with Gasteiger partial charge >= 0.3 is 0 Å². The highest BCUT2D eigenvalue weighted by molar-refractivity contribution is 6.31. The van der Waals surface area contributed by atoms with Crippen LogP contribution < -0.4 is 5.32 Å². The van der Waals surface area contributed by atoms with Crippen LogP contribution >= 0.6 is 23.2 Å². The highest BCUT2D eigenvalue weighted by Crippen LogP contribution is 2.19. The van der Waals surface area contributed by atoms with E-state index in [1.807, 2.05) is 47.9 Å². The summed E-state index contributed by atoms with van der Waals surface area (Å²) in [5.41, 5.74) is 2.38. The quantitative estimate of drug-likeness (QED) is 0.695. The van der Waals surface area contributed by atoms with E-state index in [-0.39, 0.29) is 11.9 Å². The number of benzene rings is 1. The van der Waals surface area contributed by atoms with Crippen LogP contribution in [0.25, 0.3) is 11.7 Å². The van der Waals surface area contributed by atoms with Crippen molar-refractivity contribution in [3.63, 3.8) is 0 Å². The molecule has 24 heavy (non-hydrogen) atoms. The van der Waals surface area contributed by atoms with Gasteiger partial charge in [-0.15, -0.1) is 0 Å². The number of hydrogen-bond donors (Lipinski definition) is 1. The van der Waals surface area contributed by atoms with Gasteiger partial charge in [-0.05, 0) is 42.8 Å². The zero-order valence-corrected chi connectivity index (χ0v) is 14.4. The molecule has 1 amide bonds. The first kappa shape index (κ1) is 16.6. The van der Waals surface area contributed by atoms with E-state index in [9.17, 15) is 4.79 Å². The third kappa shape index (κ3) is 3.61. The van der Waals surface area contributed by atoms with Crippen LogP contribution in [-0.2, 0) is 4.79 Å². The number of hydrogen-bond acceptors (Lipinski definition) is 2. The third-order valence-electron chi connectivity index (χ3n) is 3.64. The minimum atomic E-state index is -0.209. The van der Waals surface area contributed by atoms with Crippen LogP contribution in [0.2, 0.25) is 10.2 Å². The second-order valence-electron chi connectivity index (χ2n) is 5.33. The summed E-state index contributed by atoms with van der Waals surface area (Å²) >= 11 is 12.0. The molecule has 0 spiro atoms. The maximum atomic E-state index is 12.1. The average molecular weight is 360 g/mol. The van der Waals surface area contributed by atoms with Gasteiger partial charge in [0.05, 0.1) is 11.7 Å². The van der Waals surface area contributed by atoms with E-state index in [0.717, 1.165) is 11.2 Å². The van der Waals surface area contributed by atoms with E-state index in [1.54, 1.807) is 18.2 Å². The molecule has 122 valence electrons. The van der Waals surface area contributed by atoms with Gasteiger partial charge in [-0.2, -0.15) is 0 Å². The first-order valence-electron chi connectivity index (χ1n) is 7.41. The topological polar surface area (TPSA) is 46.4 Å². The second kappa shape index (κ2) is 7.07. The second-order valence-corrected chi connectivity index (χ2v) is 6.13. The molecule has 0 unspecified atom stereocenters. The van der Waals surface area contributed by atoms with Crippen LogP contribution in [0.1, 0.15) is 24.2 Å². The third-order valence-corrected chi connectivity index (χ3v) is 4.17. The highest BCUT2D eigenvalue weighted by Gasteiger charge is 2.09. The fraction of sp³-hybridized carbons (Fsp3) is 0.111. The molecule has 1 N–H and O–H groups in total. The first-order valence-corrected chi connectivity index (χ1v) is 8.17. The van der Waals surface area contributed by atoms with Crippen molar-refractivity contribution in [3.8, 4) is 0 Å². The Hall–Kier alpha value is -2.30. The van der Waals surface area contributed by atoms with Gasteiger partial charge in [0, 0.05) is 17.3 Å². The summed E-state index contributed by atoms with van der Waals surface area (Å²) in [7, 11) is 0.